The molecule has 2 rings (SSSR count). The van der Waals surface area contributed by atoms with Crippen molar-refractivity contribution < 1.29 is 9.90 Å². The maximum atomic E-state index is 11.5. The third-order valence-corrected chi connectivity index (χ3v) is 4.35. The van der Waals surface area contributed by atoms with Crippen LogP contribution in [0.2, 0.25) is 5.02 Å². The molecule has 0 aliphatic heterocycles. The quantitative estimate of drug-likeness (QED) is 0.775. The maximum absolute atomic E-state index is 11.5. The van der Waals surface area contributed by atoms with Crippen LogP contribution in [0.25, 0.3) is 11.1 Å². The smallest absolute Gasteiger partial charge is 0.219 e. The van der Waals surface area contributed by atoms with E-state index in [1.54, 1.807) is 6.92 Å². The summed E-state index contributed by atoms with van der Waals surface area (Å²) in [5.74, 6) is 0.0337. The van der Waals surface area contributed by atoms with Crippen LogP contribution in [0.3, 0.4) is 0 Å². The zero-order chi connectivity index (χ0) is 17.6. The number of halogens is 1. The Labute approximate surface area is 148 Å². The summed E-state index contributed by atoms with van der Waals surface area (Å²) < 4.78 is 0. The molecule has 0 bridgehead atoms. The van der Waals surface area contributed by atoms with E-state index in [4.69, 9.17) is 11.6 Å². The first kappa shape index (κ1) is 18.5. The number of carbonyl (C=O) groups is 1. The normalized spacial score (nSPS) is 13.3. The second-order valence-corrected chi connectivity index (χ2v) is 6.64. The molecule has 0 saturated carbocycles. The molecule has 3 nitrogen and oxygen atoms in total. The standard InChI is InChI=1S/C20H24ClNO2/c1-3-4-19(23)22-14-13-20(2,24)17-9-5-15(6-10-17)16-7-11-18(21)12-8-16/h5-12,24H,3-4,13-14H2,1-2H3,(H,22,23). The fourth-order valence-electron chi connectivity index (χ4n) is 2.57. The van der Waals surface area contributed by atoms with Gasteiger partial charge in [-0.25, -0.2) is 0 Å². The molecular weight excluding hydrogens is 322 g/mol. The van der Waals surface area contributed by atoms with Gasteiger partial charge in [0.2, 0.25) is 5.91 Å². The SMILES string of the molecule is CCCC(=O)NCCC(C)(O)c1ccc(-c2ccc(Cl)cc2)cc1. The molecular formula is C20H24ClNO2. The number of rotatable bonds is 7. The third kappa shape index (κ3) is 5.08. The molecule has 2 aromatic rings. The van der Waals surface area contributed by atoms with Gasteiger partial charge in [-0.15, -0.1) is 0 Å². The molecule has 1 atom stereocenters. The van der Waals surface area contributed by atoms with Gasteiger partial charge in [0.15, 0.2) is 0 Å². The monoisotopic (exact) mass is 345 g/mol. The summed E-state index contributed by atoms with van der Waals surface area (Å²) in [5, 5.41) is 14.2. The van der Waals surface area contributed by atoms with Crippen LogP contribution >= 0.6 is 11.6 Å². The molecule has 0 fully saturated rings. The zero-order valence-corrected chi connectivity index (χ0v) is 14.9. The van der Waals surface area contributed by atoms with Gasteiger partial charge in [0.05, 0.1) is 5.60 Å². The Morgan fingerprint density at radius 1 is 1.08 bits per heavy atom. The lowest BCUT2D eigenvalue weighted by atomic mass is 9.91. The van der Waals surface area contributed by atoms with Gasteiger partial charge in [0.25, 0.3) is 0 Å². The van der Waals surface area contributed by atoms with Gasteiger partial charge in [0, 0.05) is 18.0 Å². The number of hydrogen-bond donors (Lipinski definition) is 2. The van der Waals surface area contributed by atoms with Crippen molar-refractivity contribution in [3.8, 4) is 11.1 Å². The van der Waals surface area contributed by atoms with E-state index in [2.05, 4.69) is 5.32 Å². The van der Waals surface area contributed by atoms with E-state index in [-0.39, 0.29) is 5.91 Å². The van der Waals surface area contributed by atoms with E-state index in [1.807, 2.05) is 55.5 Å². The summed E-state index contributed by atoms with van der Waals surface area (Å²) in [4.78, 5) is 11.5. The molecule has 2 aromatic carbocycles. The van der Waals surface area contributed by atoms with Crippen LogP contribution in [-0.4, -0.2) is 17.6 Å². The summed E-state index contributed by atoms with van der Waals surface area (Å²) >= 11 is 5.91. The van der Waals surface area contributed by atoms with Crippen molar-refractivity contribution in [3.63, 3.8) is 0 Å². The second-order valence-electron chi connectivity index (χ2n) is 6.21. The van der Waals surface area contributed by atoms with Gasteiger partial charge in [-0.05, 0) is 48.6 Å². The van der Waals surface area contributed by atoms with Crippen molar-refractivity contribution in [1.29, 1.82) is 0 Å². The van der Waals surface area contributed by atoms with Crippen LogP contribution < -0.4 is 5.32 Å². The summed E-state index contributed by atoms with van der Waals surface area (Å²) in [5.41, 5.74) is 2.02. The molecule has 1 unspecified atom stereocenters. The minimum Gasteiger partial charge on any atom is -0.385 e. The molecule has 0 aliphatic carbocycles. The Kier molecular flexibility index (Phi) is 6.41. The Bertz CT molecular complexity index is 663. The highest BCUT2D eigenvalue weighted by atomic mass is 35.5. The molecule has 4 heteroatoms. The summed E-state index contributed by atoms with van der Waals surface area (Å²) in [6.07, 6.45) is 1.83. The molecule has 0 radical (unpaired) electrons. The topological polar surface area (TPSA) is 49.3 Å². The molecule has 24 heavy (non-hydrogen) atoms. The van der Waals surface area contributed by atoms with Crippen LogP contribution in [0, 0.1) is 0 Å². The third-order valence-electron chi connectivity index (χ3n) is 4.10. The first-order chi connectivity index (χ1) is 11.4. The molecule has 1 amide bonds. The fourth-order valence-corrected chi connectivity index (χ4v) is 2.70. The minimum absolute atomic E-state index is 0.0337. The van der Waals surface area contributed by atoms with E-state index < -0.39 is 5.60 Å². The van der Waals surface area contributed by atoms with Gasteiger partial charge in [-0.1, -0.05) is 54.9 Å². The lowest BCUT2D eigenvalue weighted by Crippen LogP contribution is -2.31. The van der Waals surface area contributed by atoms with Crippen LogP contribution in [0.1, 0.15) is 38.7 Å². The molecule has 0 aromatic heterocycles. The Morgan fingerprint density at radius 3 is 2.17 bits per heavy atom. The first-order valence-electron chi connectivity index (χ1n) is 8.28. The average Bonchev–Trinajstić information content (AvgIpc) is 2.56. The van der Waals surface area contributed by atoms with Crippen molar-refractivity contribution in [2.24, 2.45) is 0 Å². The highest BCUT2D eigenvalue weighted by Crippen LogP contribution is 2.27. The summed E-state index contributed by atoms with van der Waals surface area (Å²) in [6, 6.07) is 15.5. The highest BCUT2D eigenvalue weighted by molar-refractivity contribution is 6.30. The van der Waals surface area contributed by atoms with E-state index in [1.165, 1.54) is 0 Å². The van der Waals surface area contributed by atoms with Crippen molar-refractivity contribution in [2.45, 2.75) is 38.7 Å². The van der Waals surface area contributed by atoms with Gasteiger partial charge in [0.1, 0.15) is 0 Å². The van der Waals surface area contributed by atoms with Crippen molar-refractivity contribution >= 4 is 17.5 Å². The van der Waals surface area contributed by atoms with Crippen LogP contribution in [0.5, 0.6) is 0 Å². The molecule has 0 heterocycles. The van der Waals surface area contributed by atoms with Crippen LogP contribution in [-0.2, 0) is 10.4 Å². The first-order valence-corrected chi connectivity index (χ1v) is 8.66. The second kappa shape index (κ2) is 8.32. The van der Waals surface area contributed by atoms with Gasteiger partial charge < -0.3 is 10.4 Å². The minimum atomic E-state index is -0.974. The number of benzene rings is 2. The van der Waals surface area contributed by atoms with Gasteiger partial charge in [-0.3, -0.25) is 4.79 Å². The number of nitrogens with one attached hydrogen (secondary N) is 1. The van der Waals surface area contributed by atoms with Crippen molar-refractivity contribution in [2.75, 3.05) is 6.54 Å². The van der Waals surface area contributed by atoms with Crippen LogP contribution in [0.4, 0.5) is 0 Å². The van der Waals surface area contributed by atoms with Gasteiger partial charge in [-0.2, -0.15) is 0 Å². The number of hydrogen-bond acceptors (Lipinski definition) is 2. The lowest BCUT2D eigenvalue weighted by Gasteiger charge is -2.24. The molecule has 0 aliphatic rings. The Balaban J connectivity index is 2.00. The van der Waals surface area contributed by atoms with Crippen molar-refractivity contribution in [1.82, 2.24) is 5.32 Å². The lowest BCUT2D eigenvalue weighted by molar-refractivity contribution is -0.121. The predicted octanol–water partition coefficient (Wildman–Crippen LogP) is 4.52. The van der Waals surface area contributed by atoms with Crippen molar-refractivity contribution in [3.05, 3.63) is 59.1 Å². The zero-order valence-electron chi connectivity index (χ0n) is 14.2. The summed E-state index contributed by atoms with van der Waals surface area (Å²) in [6.45, 7) is 4.21. The molecule has 0 saturated heterocycles. The van der Waals surface area contributed by atoms with E-state index in [0.717, 1.165) is 23.1 Å². The molecule has 0 spiro atoms. The Hall–Kier alpha value is -1.84. The fraction of sp³-hybridized carbons (Fsp3) is 0.350. The highest BCUT2D eigenvalue weighted by Gasteiger charge is 2.22. The average molecular weight is 346 g/mol. The number of amides is 1. The number of aliphatic hydroxyl groups is 1. The van der Waals surface area contributed by atoms with Crippen LogP contribution in [0.15, 0.2) is 48.5 Å². The predicted molar refractivity (Wildman–Crippen MR) is 99.0 cm³/mol. The summed E-state index contributed by atoms with van der Waals surface area (Å²) in [7, 11) is 0. The Morgan fingerprint density at radius 2 is 1.62 bits per heavy atom. The number of carbonyl (C=O) groups excluding carboxylic acids is 1. The molecule has 128 valence electrons. The molecule has 2 N–H and O–H groups in total. The van der Waals surface area contributed by atoms with Gasteiger partial charge >= 0.3 is 0 Å². The van der Waals surface area contributed by atoms with E-state index >= 15 is 0 Å². The largest absolute Gasteiger partial charge is 0.385 e. The van der Waals surface area contributed by atoms with E-state index in [9.17, 15) is 9.90 Å². The maximum Gasteiger partial charge on any atom is 0.219 e. The van der Waals surface area contributed by atoms with E-state index in [0.29, 0.717) is 24.4 Å².